The normalized spacial score (nSPS) is 44.1. The minimum Gasteiger partial charge on any atom is -0.317 e. The Hall–Kier alpha value is -0.130. The van der Waals surface area contributed by atoms with Gasteiger partial charge in [-0.05, 0) is 45.6 Å². The van der Waals surface area contributed by atoms with Crippen molar-refractivity contribution in [2.24, 2.45) is 0 Å². The highest BCUT2D eigenvalue weighted by atomic mass is 32.2. The molecule has 0 aromatic rings. The summed E-state index contributed by atoms with van der Waals surface area (Å²) >= 11 is 0. The van der Waals surface area contributed by atoms with E-state index in [1.165, 1.54) is 25.7 Å². The van der Waals surface area contributed by atoms with E-state index >= 15 is 0 Å². The number of hydrogen-bond donors (Lipinski definition) is 1. The second kappa shape index (κ2) is 4.76. The van der Waals surface area contributed by atoms with Crippen LogP contribution in [0.1, 0.15) is 38.5 Å². The van der Waals surface area contributed by atoms with Gasteiger partial charge in [-0.15, -0.1) is 0 Å². The molecule has 0 radical (unpaired) electrons. The zero-order valence-corrected chi connectivity index (χ0v) is 12.0. The predicted octanol–water partition coefficient (Wildman–Crippen LogP) is 0.778. The standard InChI is InChI=1S/C13H24N2O2S/c1-14-10-7-11-4-5-12(8-10)15(11)13-3-2-6-18(16,17)9-13/h10-14H,2-9H2,1H3. The number of nitrogens with one attached hydrogen (secondary N) is 1. The molecule has 0 aromatic carbocycles. The summed E-state index contributed by atoms with van der Waals surface area (Å²) < 4.78 is 23.6. The van der Waals surface area contributed by atoms with Gasteiger partial charge >= 0.3 is 0 Å². The second-order valence-electron chi connectivity index (χ2n) is 6.20. The van der Waals surface area contributed by atoms with Crippen LogP contribution in [0, 0.1) is 0 Å². The zero-order chi connectivity index (χ0) is 12.8. The summed E-state index contributed by atoms with van der Waals surface area (Å²) in [5, 5.41) is 3.40. The number of piperidine rings is 1. The van der Waals surface area contributed by atoms with Crippen molar-refractivity contribution in [1.82, 2.24) is 10.2 Å². The molecule has 4 nitrogen and oxygen atoms in total. The Kier molecular flexibility index (Phi) is 3.41. The number of fused-ring (bicyclic) bond motifs is 2. The van der Waals surface area contributed by atoms with Crippen molar-refractivity contribution >= 4 is 9.84 Å². The highest BCUT2D eigenvalue weighted by molar-refractivity contribution is 7.91. The molecule has 3 heterocycles. The molecule has 104 valence electrons. The average Bonchev–Trinajstić information content (AvgIpc) is 2.59. The van der Waals surface area contributed by atoms with E-state index in [0.29, 0.717) is 35.7 Å². The summed E-state index contributed by atoms with van der Waals surface area (Å²) in [5.74, 6) is 0.816. The van der Waals surface area contributed by atoms with Gasteiger partial charge in [0.1, 0.15) is 0 Å². The van der Waals surface area contributed by atoms with E-state index in [4.69, 9.17) is 0 Å². The number of nitrogens with zero attached hydrogens (tertiary/aromatic N) is 1. The molecule has 0 saturated carbocycles. The van der Waals surface area contributed by atoms with Crippen LogP contribution < -0.4 is 5.32 Å². The third-order valence-electron chi connectivity index (χ3n) is 5.06. The molecule has 2 bridgehead atoms. The lowest BCUT2D eigenvalue weighted by Crippen LogP contribution is -2.55. The van der Waals surface area contributed by atoms with Gasteiger partial charge in [0.05, 0.1) is 11.5 Å². The van der Waals surface area contributed by atoms with Gasteiger partial charge in [-0.3, -0.25) is 4.90 Å². The van der Waals surface area contributed by atoms with Crippen molar-refractivity contribution in [3.8, 4) is 0 Å². The Morgan fingerprint density at radius 2 is 1.72 bits per heavy atom. The molecular weight excluding hydrogens is 248 g/mol. The Bertz CT molecular complexity index is 395. The maximum absolute atomic E-state index is 11.8. The van der Waals surface area contributed by atoms with Crippen LogP contribution in [0.25, 0.3) is 0 Å². The van der Waals surface area contributed by atoms with Crippen LogP contribution in [-0.2, 0) is 9.84 Å². The van der Waals surface area contributed by atoms with E-state index in [2.05, 4.69) is 10.2 Å². The maximum atomic E-state index is 11.8. The molecule has 3 aliphatic heterocycles. The van der Waals surface area contributed by atoms with Crippen molar-refractivity contribution in [3.63, 3.8) is 0 Å². The minimum absolute atomic E-state index is 0.305. The van der Waals surface area contributed by atoms with Crippen LogP contribution >= 0.6 is 0 Å². The fourth-order valence-electron chi connectivity index (χ4n) is 4.28. The molecule has 3 saturated heterocycles. The van der Waals surface area contributed by atoms with Gasteiger partial charge in [0, 0.05) is 24.2 Å². The largest absolute Gasteiger partial charge is 0.317 e. The quantitative estimate of drug-likeness (QED) is 0.807. The molecule has 5 heteroatoms. The Labute approximate surface area is 110 Å². The maximum Gasteiger partial charge on any atom is 0.151 e. The summed E-state index contributed by atoms with van der Waals surface area (Å²) in [7, 11) is -0.730. The molecule has 3 aliphatic rings. The van der Waals surface area contributed by atoms with Gasteiger partial charge in [-0.2, -0.15) is 0 Å². The summed E-state index contributed by atoms with van der Waals surface area (Å²) in [4.78, 5) is 2.57. The van der Waals surface area contributed by atoms with Crippen LogP contribution in [-0.4, -0.2) is 56.0 Å². The Morgan fingerprint density at radius 3 is 2.28 bits per heavy atom. The molecule has 0 aliphatic carbocycles. The van der Waals surface area contributed by atoms with E-state index in [9.17, 15) is 8.42 Å². The summed E-state index contributed by atoms with van der Waals surface area (Å²) in [6.07, 6.45) is 6.86. The average molecular weight is 272 g/mol. The molecule has 3 atom stereocenters. The second-order valence-corrected chi connectivity index (χ2v) is 8.43. The summed E-state index contributed by atoms with van der Waals surface area (Å²) in [6.45, 7) is 0. The Balaban J connectivity index is 1.74. The molecule has 3 rings (SSSR count). The first-order valence-corrected chi connectivity index (χ1v) is 9.06. The van der Waals surface area contributed by atoms with E-state index in [-0.39, 0.29) is 0 Å². The van der Waals surface area contributed by atoms with Gasteiger partial charge in [-0.1, -0.05) is 0 Å². The van der Waals surface area contributed by atoms with Gasteiger partial charge in [0.15, 0.2) is 9.84 Å². The molecular formula is C13H24N2O2S. The van der Waals surface area contributed by atoms with Crippen LogP contribution in [0.5, 0.6) is 0 Å². The number of sulfone groups is 1. The van der Waals surface area contributed by atoms with Crippen molar-refractivity contribution < 1.29 is 8.42 Å². The van der Waals surface area contributed by atoms with Crippen molar-refractivity contribution in [1.29, 1.82) is 0 Å². The van der Waals surface area contributed by atoms with Crippen LogP contribution in [0.4, 0.5) is 0 Å². The summed E-state index contributed by atoms with van der Waals surface area (Å²) in [5.41, 5.74) is 0. The first kappa shape index (κ1) is 12.9. The molecule has 3 fully saturated rings. The first-order valence-electron chi connectivity index (χ1n) is 7.24. The predicted molar refractivity (Wildman–Crippen MR) is 72.4 cm³/mol. The fourth-order valence-corrected chi connectivity index (χ4v) is 5.98. The van der Waals surface area contributed by atoms with Crippen molar-refractivity contribution in [3.05, 3.63) is 0 Å². The summed E-state index contributed by atoms with van der Waals surface area (Å²) in [6, 6.07) is 2.19. The lowest BCUT2D eigenvalue weighted by Gasteiger charge is -2.44. The van der Waals surface area contributed by atoms with E-state index in [0.717, 1.165) is 12.8 Å². The van der Waals surface area contributed by atoms with Gasteiger partial charge < -0.3 is 5.32 Å². The first-order chi connectivity index (χ1) is 8.59. The molecule has 3 unspecified atom stereocenters. The highest BCUT2D eigenvalue weighted by Crippen LogP contribution is 2.39. The molecule has 18 heavy (non-hydrogen) atoms. The van der Waals surface area contributed by atoms with Gasteiger partial charge in [0.25, 0.3) is 0 Å². The molecule has 0 amide bonds. The van der Waals surface area contributed by atoms with Gasteiger partial charge in [0.2, 0.25) is 0 Å². The SMILES string of the molecule is CNC1CC2CCC(C1)N2C1CCCS(=O)(=O)C1. The van der Waals surface area contributed by atoms with E-state index in [1.807, 2.05) is 7.05 Å². The lowest BCUT2D eigenvalue weighted by molar-refractivity contribution is 0.0745. The Morgan fingerprint density at radius 1 is 1.06 bits per heavy atom. The third-order valence-corrected chi connectivity index (χ3v) is 6.86. The third kappa shape index (κ3) is 2.32. The van der Waals surface area contributed by atoms with Crippen LogP contribution in [0.2, 0.25) is 0 Å². The lowest BCUT2D eigenvalue weighted by atomic mass is 9.94. The molecule has 1 N–H and O–H groups in total. The van der Waals surface area contributed by atoms with Crippen molar-refractivity contribution in [2.75, 3.05) is 18.6 Å². The van der Waals surface area contributed by atoms with E-state index in [1.54, 1.807) is 0 Å². The minimum atomic E-state index is -2.78. The number of rotatable bonds is 2. The smallest absolute Gasteiger partial charge is 0.151 e. The van der Waals surface area contributed by atoms with Crippen LogP contribution in [0.3, 0.4) is 0 Å². The number of hydrogen-bond acceptors (Lipinski definition) is 4. The molecule has 0 spiro atoms. The molecule has 0 aromatic heterocycles. The van der Waals surface area contributed by atoms with Crippen LogP contribution in [0.15, 0.2) is 0 Å². The topological polar surface area (TPSA) is 49.4 Å². The van der Waals surface area contributed by atoms with E-state index < -0.39 is 9.84 Å². The fraction of sp³-hybridized carbons (Fsp3) is 1.00. The highest BCUT2D eigenvalue weighted by Gasteiger charge is 2.45. The zero-order valence-electron chi connectivity index (χ0n) is 11.1. The monoisotopic (exact) mass is 272 g/mol. The van der Waals surface area contributed by atoms with Crippen molar-refractivity contribution in [2.45, 2.75) is 62.7 Å². The van der Waals surface area contributed by atoms with Gasteiger partial charge in [-0.25, -0.2) is 8.42 Å².